The second-order valence-electron chi connectivity index (χ2n) is 26.9. The number of halogens is 65. The molecule has 0 rings (SSSR count). The van der Waals surface area contributed by atoms with Gasteiger partial charge < -0.3 is 10.2 Å². The van der Waals surface area contributed by atoms with E-state index in [0.717, 1.165) is 12.8 Å². The topological polar surface area (TPSA) is 84.5 Å². The monoisotopic (exact) mass is 2350 g/mol. The Kier molecular flexibility index (Phi) is 50.1. The molecule has 132 heavy (non-hydrogen) atoms. The summed E-state index contributed by atoms with van der Waals surface area (Å²) in [6, 6.07) is 0. The Morgan fingerprint density at radius 2 is 0.394 bits per heavy atom. The molecule has 0 amide bonds. The molecule has 0 aliphatic carbocycles. The van der Waals surface area contributed by atoms with Crippen molar-refractivity contribution in [2.24, 2.45) is 0 Å². The van der Waals surface area contributed by atoms with Crippen LogP contribution in [0, 0.1) is 4.35 Å². The van der Waals surface area contributed by atoms with Crippen LogP contribution in [0.1, 0.15) is 148 Å². The van der Waals surface area contributed by atoms with E-state index in [1.165, 1.54) is 32.1 Å². The van der Waals surface area contributed by atoms with Gasteiger partial charge in [-0.15, -0.1) is 6.58 Å². The Labute approximate surface area is 731 Å². The summed E-state index contributed by atoms with van der Waals surface area (Å²) in [7, 11) is 0. The van der Waals surface area contributed by atoms with Crippen LogP contribution in [-0.2, 0) is 0 Å². The quantitative estimate of drug-likeness (QED) is 0.0122. The van der Waals surface area contributed by atoms with Crippen LogP contribution in [0.4, 0.5) is 277 Å². The maximum atomic E-state index is 14.2. The van der Waals surface area contributed by atoms with Crippen LogP contribution in [0.3, 0.4) is 0 Å². The first kappa shape index (κ1) is 140. The fourth-order valence-corrected chi connectivity index (χ4v) is 15.9. The molecule has 0 aliphatic rings. The number of rotatable bonds is 53. The summed E-state index contributed by atoms with van der Waals surface area (Å²) in [6.07, 6.45) is -16.6. The number of alkyl halides is 67. The predicted octanol–water partition coefficient (Wildman–Crippen LogP) is 30.0. The Morgan fingerprint density at radius 3 is 0.591 bits per heavy atom. The molecule has 0 aliphatic heterocycles. The van der Waals surface area contributed by atoms with Crippen molar-refractivity contribution in [1.29, 1.82) is 4.35 Å². The zero-order chi connectivity index (χ0) is 107. The Balaban J connectivity index is -0.000000423. The van der Waals surface area contributed by atoms with Crippen LogP contribution >= 0.6 is 42.4 Å². The number of aliphatic hydroxyl groups is 3. The summed E-state index contributed by atoms with van der Waals surface area (Å²) in [5.74, 6) is -223. The van der Waals surface area contributed by atoms with Gasteiger partial charge in [-0.25, -0.2) is 0 Å². The van der Waals surface area contributed by atoms with Crippen molar-refractivity contribution < 1.29 is 292 Å². The SMILES string of the molecule is C=CCCCCCCCCO.CCCCI(CCCCO)CCC(F)(F)C(F)(F)C(F)(F)C(F)(F)C(F)(F)C(F)(F)C(F)(F)C(F)(F)C(F)(F)C(F)(F)F.FC(F)(F)C(F)(F)C(F)(F)C(F)(F)C(F)(F)C(F)(F)C(F)(F)C(F)(F)C(F)(F)C(F)(F)I.OCCCCCCCCCCCC(F)(F)C(F)(F)C(F)(F)C(F)(F)C(F)(F)C(F)(F)C(F)(F)C(F)(F)C(F)(F)C(F)(F)F.[B].[NH]=[Al]. The van der Waals surface area contributed by atoms with Crippen molar-refractivity contribution >= 4 is 66.9 Å². The van der Waals surface area contributed by atoms with Gasteiger partial charge in [-0.2, -0.15) is 198 Å². The molecule has 0 atom stereocenters. The molecule has 0 bridgehead atoms. The molecule has 0 saturated heterocycles. The molecule has 0 fully saturated rings. The molecular weight excluding hydrogens is 2280 g/mol. The molecule has 794 valence electrons. The second-order valence-corrected chi connectivity index (χ2v) is 34.8. The molecule has 71 heteroatoms. The third-order valence-corrected chi connectivity index (χ3v) is 24.6. The molecule has 0 spiro atoms. The van der Waals surface area contributed by atoms with Gasteiger partial charge in [-0.1, -0.05) is 76.7 Å². The molecule has 0 aromatic heterocycles. The summed E-state index contributed by atoms with van der Waals surface area (Å²) in [4.78, 5) is 0. The van der Waals surface area contributed by atoms with Crippen molar-refractivity contribution in [3.8, 4) is 0 Å². The first-order chi connectivity index (χ1) is 57.2. The zero-order valence-electron chi connectivity index (χ0n) is 64.6. The summed E-state index contributed by atoms with van der Waals surface area (Å²) in [6.45, 7) is 5.08. The standard InChI is InChI=1S/C21H23F21O.C20H22F21IO.C10F21I.C10H20O.Al.B.HN/c22-12(23,10-8-6-4-2-1-3-5-7-9-11-43)13(24,25)14(26,27)15(28,29)16(30,31)17(32,33)18(34,35)19(36,37)20(38,39)21(40,41)42;1-2-3-7-42(8-4-5-10-43)9-6-11(21,22)12(23,24)13(25,26)14(27,28)15(29,30)16(31,32)17(33,34)18(35,36)19(37,38)20(39,40)41;11-1(12,3(15,16)5(19,20)7(23,24)9(27,28)29)2(13,14)4(17,18)6(21,22)8(25,26)10(30,31)32;1-2-3-4-5-6-7-8-9-10-11;;;/h43H,1-11H2;43H,2-10H2,1H3;;2,11H,1,3-10H2;;;1H. The van der Waals surface area contributed by atoms with Gasteiger partial charge >= 0.3 is 360 Å². The molecule has 0 aromatic rings. The molecule has 0 unspecified atom stereocenters. The number of aliphatic hydroxyl groups excluding tert-OH is 3. The molecule has 4 radical (unpaired) electrons. The summed E-state index contributed by atoms with van der Waals surface area (Å²) in [5, 5.41) is 25.8. The van der Waals surface area contributed by atoms with E-state index in [0.29, 0.717) is 45.1 Å². The third-order valence-electron chi connectivity index (χ3n) is 17.3. The van der Waals surface area contributed by atoms with Gasteiger partial charge in [0.05, 0.1) is 0 Å². The van der Waals surface area contributed by atoms with Gasteiger partial charge in [-0.05, 0) is 32.1 Å². The van der Waals surface area contributed by atoms with E-state index >= 15 is 0 Å². The summed E-state index contributed by atoms with van der Waals surface area (Å²) < 4.78 is 829. The average Bonchev–Trinajstić information content (AvgIpc) is 0.691. The first-order valence-electron chi connectivity index (χ1n) is 34.6. The fourth-order valence-electron chi connectivity index (χ4n) is 9.09. The molecule has 0 heterocycles. The van der Waals surface area contributed by atoms with Crippen LogP contribution in [0.15, 0.2) is 12.7 Å². The van der Waals surface area contributed by atoms with Crippen LogP contribution in [0.2, 0.25) is 0 Å². The molecule has 0 saturated carbocycles. The van der Waals surface area contributed by atoms with Crippen LogP contribution in [-0.4, -0.2) is 249 Å². The second kappa shape index (κ2) is 47.3. The first-order valence-corrected chi connectivity index (χ1v) is 40.8. The number of unbranched alkanes of at least 4 members (excludes halogenated alkanes) is 16. The summed E-state index contributed by atoms with van der Waals surface area (Å²) in [5.41, 5.74) is 0. The van der Waals surface area contributed by atoms with E-state index in [1.807, 2.05) is 6.08 Å². The van der Waals surface area contributed by atoms with Gasteiger partial charge in [0.1, 0.15) is 0 Å². The van der Waals surface area contributed by atoms with Crippen molar-refractivity contribution in [3.05, 3.63) is 12.7 Å². The van der Waals surface area contributed by atoms with E-state index < -0.39 is 256 Å². The number of allylic oxidation sites excluding steroid dienone is 1. The molecule has 4 N–H and O–H groups in total. The average molecular weight is 2350 g/mol. The van der Waals surface area contributed by atoms with E-state index in [4.69, 9.17) is 19.7 Å². The Hall–Kier alpha value is -2.93. The van der Waals surface area contributed by atoms with Crippen molar-refractivity contribution in [1.82, 2.24) is 0 Å². The fraction of sp³-hybridized carbons (Fsp3) is 0.967. The van der Waals surface area contributed by atoms with Gasteiger partial charge in [-0.3, -0.25) is 0 Å². The third kappa shape index (κ3) is 26.5. The van der Waals surface area contributed by atoms with E-state index in [9.17, 15) is 277 Å². The normalized spacial score (nSPS) is 15.4. The van der Waals surface area contributed by atoms with Crippen molar-refractivity contribution in [3.63, 3.8) is 0 Å². The van der Waals surface area contributed by atoms with Gasteiger partial charge in [0.2, 0.25) is 0 Å². The van der Waals surface area contributed by atoms with Gasteiger partial charge in [0.25, 0.3) is 0 Å². The van der Waals surface area contributed by atoms with Crippen LogP contribution < -0.4 is 0 Å². The Morgan fingerprint density at radius 1 is 0.227 bits per heavy atom. The zero-order valence-corrected chi connectivity index (χ0v) is 70.1. The summed E-state index contributed by atoms with van der Waals surface area (Å²) >= 11 is -2.33. The minimum absolute atomic E-state index is 0. The molecular formula is C61H66AlBF63I2NO3. The van der Waals surface area contributed by atoms with E-state index in [1.54, 1.807) is 23.0 Å². The predicted molar refractivity (Wildman–Crippen MR) is 347 cm³/mol. The minimum atomic E-state index is -9.15. The van der Waals surface area contributed by atoms with Crippen molar-refractivity contribution in [2.75, 3.05) is 33.1 Å². The number of hydrogen-bond donors (Lipinski definition) is 4. The van der Waals surface area contributed by atoms with E-state index in [-0.39, 0.29) is 56.0 Å². The Bertz CT molecular complexity index is 3310. The van der Waals surface area contributed by atoms with Gasteiger partial charge in [0.15, 0.2) is 0 Å². The molecule has 4 nitrogen and oxygen atoms in total. The maximum absolute atomic E-state index is 14.2. The number of hydrogen-bond acceptors (Lipinski definition) is 4. The van der Waals surface area contributed by atoms with Crippen molar-refractivity contribution in [2.45, 2.75) is 325 Å². The van der Waals surface area contributed by atoms with E-state index in [2.05, 4.69) is 6.58 Å². The van der Waals surface area contributed by atoms with Gasteiger partial charge in [0, 0.05) is 50.6 Å². The van der Waals surface area contributed by atoms with Crippen LogP contribution in [0.25, 0.3) is 0 Å². The van der Waals surface area contributed by atoms with Crippen LogP contribution in [0.5, 0.6) is 0 Å². The number of nitrogens with one attached hydrogen (secondary N) is 1. The molecule has 0 aromatic carbocycles.